The molecular weight excluding hydrogens is 276 g/mol. The average molecular weight is 286 g/mol. The fourth-order valence-corrected chi connectivity index (χ4v) is 1.92. The van der Waals surface area contributed by atoms with Gasteiger partial charge < -0.3 is 10.6 Å². The minimum absolute atomic E-state index is 0.302. The molecule has 0 aliphatic heterocycles. The summed E-state index contributed by atoms with van der Waals surface area (Å²) in [4.78, 5) is 4.17. The van der Waals surface area contributed by atoms with Gasteiger partial charge in [-0.25, -0.2) is 9.37 Å². The van der Waals surface area contributed by atoms with Crippen molar-refractivity contribution in [3.05, 3.63) is 46.2 Å². The summed E-state index contributed by atoms with van der Waals surface area (Å²) in [6, 6.07) is 7.82. The lowest BCUT2D eigenvalue weighted by atomic mass is 10.3. The van der Waals surface area contributed by atoms with E-state index in [9.17, 15) is 4.39 Å². The van der Waals surface area contributed by atoms with Crippen LogP contribution < -0.4 is 10.6 Å². The summed E-state index contributed by atoms with van der Waals surface area (Å²) in [7, 11) is 1.69. The zero-order valence-corrected chi connectivity index (χ0v) is 11.0. The number of hydrogen-bond acceptors (Lipinski definition) is 3. The summed E-state index contributed by atoms with van der Waals surface area (Å²) < 4.78 is 13.5. The first-order valence-electron chi connectivity index (χ1n) is 5.17. The lowest BCUT2D eigenvalue weighted by Crippen LogP contribution is -2.00. The molecule has 2 N–H and O–H groups in total. The molecule has 94 valence electrons. The van der Waals surface area contributed by atoms with Gasteiger partial charge in [-0.15, -0.1) is 0 Å². The third-order valence-corrected chi connectivity index (χ3v) is 2.87. The molecule has 2 aromatic rings. The second-order valence-electron chi connectivity index (χ2n) is 3.50. The molecule has 3 nitrogen and oxygen atoms in total. The van der Waals surface area contributed by atoms with Gasteiger partial charge in [-0.2, -0.15) is 0 Å². The lowest BCUT2D eigenvalue weighted by molar-refractivity contribution is 0.632. The molecule has 6 heteroatoms. The van der Waals surface area contributed by atoms with Crippen molar-refractivity contribution in [1.29, 1.82) is 0 Å². The summed E-state index contributed by atoms with van der Waals surface area (Å²) >= 11 is 11.9. The standard InChI is InChI=1S/C12H10Cl2FN3/c1-16-11-7(13)6-8(14)12(18-11)17-10-5-3-2-4-9(10)15/h2-6H,1H3,(H2,16,17,18). The van der Waals surface area contributed by atoms with Crippen molar-refractivity contribution in [3.8, 4) is 0 Å². The minimum Gasteiger partial charge on any atom is -0.372 e. The topological polar surface area (TPSA) is 37.0 Å². The third kappa shape index (κ3) is 2.66. The Labute approximate surface area is 114 Å². The molecule has 0 spiro atoms. The molecule has 0 saturated carbocycles. The Morgan fingerprint density at radius 1 is 1.11 bits per heavy atom. The molecule has 1 heterocycles. The molecule has 0 aliphatic rings. The number of halogens is 3. The van der Waals surface area contributed by atoms with Crippen molar-refractivity contribution < 1.29 is 4.39 Å². The van der Waals surface area contributed by atoms with Crippen molar-refractivity contribution in [2.24, 2.45) is 0 Å². The van der Waals surface area contributed by atoms with Crippen LogP contribution >= 0.6 is 23.2 Å². The number of nitrogens with one attached hydrogen (secondary N) is 2. The van der Waals surface area contributed by atoms with Gasteiger partial charge in [-0.1, -0.05) is 35.3 Å². The number of hydrogen-bond donors (Lipinski definition) is 2. The van der Waals surface area contributed by atoms with E-state index < -0.39 is 0 Å². The van der Waals surface area contributed by atoms with Crippen molar-refractivity contribution in [2.45, 2.75) is 0 Å². The first kappa shape index (κ1) is 12.9. The van der Waals surface area contributed by atoms with Gasteiger partial charge in [-0.05, 0) is 18.2 Å². The van der Waals surface area contributed by atoms with E-state index >= 15 is 0 Å². The highest BCUT2D eigenvalue weighted by atomic mass is 35.5. The minimum atomic E-state index is -0.378. The maximum atomic E-state index is 13.5. The molecule has 0 aliphatic carbocycles. The lowest BCUT2D eigenvalue weighted by Gasteiger charge is -2.11. The van der Waals surface area contributed by atoms with Crippen LogP contribution in [0.1, 0.15) is 0 Å². The van der Waals surface area contributed by atoms with Crippen LogP contribution in [0.5, 0.6) is 0 Å². The van der Waals surface area contributed by atoms with Gasteiger partial charge in [-0.3, -0.25) is 0 Å². The van der Waals surface area contributed by atoms with Crippen LogP contribution in [0, 0.1) is 5.82 Å². The first-order chi connectivity index (χ1) is 8.61. The van der Waals surface area contributed by atoms with Crippen molar-refractivity contribution in [1.82, 2.24) is 4.98 Å². The zero-order chi connectivity index (χ0) is 13.1. The molecule has 1 aromatic carbocycles. The maximum absolute atomic E-state index is 13.5. The van der Waals surface area contributed by atoms with E-state index in [4.69, 9.17) is 23.2 Å². The largest absolute Gasteiger partial charge is 0.372 e. The van der Waals surface area contributed by atoms with Crippen molar-refractivity contribution >= 4 is 40.5 Å². The summed E-state index contributed by atoms with van der Waals surface area (Å²) in [6.07, 6.45) is 0. The van der Waals surface area contributed by atoms with Crippen molar-refractivity contribution in [3.63, 3.8) is 0 Å². The molecule has 0 unspecified atom stereocenters. The Hall–Kier alpha value is -1.52. The molecule has 18 heavy (non-hydrogen) atoms. The van der Waals surface area contributed by atoms with Gasteiger partial charge in [0.2, 0.25) is 0 Å². The van der Waals surface area contributed by atoms with Crippen LogP contribution in [0.4, 0.5) is 21.7 Å². The smallest absolute Gasteiger partial charge is 0.151 e. The summed E-state index contributed by atoms with van der Waals surface area (Å²) in [6.45, 7) is 0. The zero-order valence-electron chi connectivity index (χ0n) is 9.47. The van der Waals surface area contributed by atoms with Crippen LogP contribution in [0.25, 0.3) is 0 Å². The molecule has 0 bridgehead atoms. The van der Waals surface area contributed by atoms with E-state index in [0.717, 1.165) is 0 Å². The summed E-state index contributed by atoms with van der Waals surface area (Å²) in [5.41, 5.74) is 0.302. The number of pyridine rings is 1. The molecule has 0 amide bonds. The fourth-order valence-electron chi connectivity index (χ4n) is 1.42. The van der Waals surface area contributed by atoms with E-state index in [1.807, 2.05) is 0 Å². The molecule has 0 atom stereocenters. The number of rotatable bonds is 3. The SMILES string of the molecule is CNc1nc(Nc2ccccc2F)c(Cl)cc1Cl. The number of nitrogens with zero attached hydrogens (tertiary/aromatic N) is 1. The summed E-state index contributed by atoms with van der Waals surface area (Å²) in [5, 5.41) is 6.38. The molecule has 0 fully saturated rings. The first-order valence-corrected chi connectivity index (χ1v) is 5.92. The molecule has 0 saturated heterocycles. The van der Waals surface area contributed by atoms with E-state index in [1.165, 1.54) is 6.07 Å². The van der Waals surface area contributed by atoms with Gasteiger partial charge in [0, 0.05) is 7.05 Å². The van der Waals surface area contributed by atoms with E-state index in [1.54, 1.807) is 31.3 Å². The monoisotopic (exact) mass is 285 g/mol. The number of para-hydroxylation sites is 1. The van der Waals surface area contributed by atoms with E-state index in [2.05, 4.69) is 15.6 Å². The maximum Gasteiger partial charge on any atom is 0.151 e. The Morgan fingerprint density at radius 2 is 1.78 bits per heavy atom. The van der Waals surface area contributed by atoms with Gasteiger partial charge in [0.05, 0.1) is 15.7 Å². The predicted octanol–water partition coefficient (Wildman–Crippen LogP) is 4.31. The average Bonchev–Trinajstić information content (AvgIpc) is 2.35. The van der Waals surface area contributed by atoms with Crippen LogP contribution in [-0.2, 0) is 0 Å². The second kappa shape index (κ2) is 5.42. The fraction of sp³-hybridized carbons (Fsp3) is 0.0833. The second-order valence-corrected chi connectivity index (χ2v) is 4.32. The van der Waals surface area contributed by atoms with E-state index in [0.29, 0.717) is 27.4 Å². The highest BCUT2D eigenvalue weighted by Crippen LogP contribution is 2.31. The van der Waals surface area contributed by atoms with Crippen LogP contribution in [0.15, 0.2) is 30.3 Å². The van der Waals surface area contributed by atoms with Gasteiger partial charge in [0.15, 0.2) is 5.82 Å². The highest BCUT2D eigenvalue weighted by Gasteiger charge is 2.10. The summed E-state index contributed by atoms with van der Waals surface area (Å²) in [5.74, 6) is 0.437. The van der Waals surface area contributed by atoms with E-state index in [-0.39, 0.29) is 5.82 Å². The Balaban J connectivity index is 2.38. The molecule has 1 aromatic heterocycles. The number of anilines is 3. The van der Waals surface area contributed by atoms with Crippen LogP contribution in [0.2, 0.25) is 10.0 Å². The quantitative estimate of drug-likeness (QED) is 0.882. The predicted molar refractivity (Wildman–Crippen MR) is 73.5 cm³/mol. The van der Waals surface area contributed by atoms with Crippen LogP contribution in [-0.4, -0.2) is 12.0 Å². The molecule has 0 radical (unpaired) electrons. The Bertz CT molecular complexity index is 575. The Kier molecular flexibility index (Phi) is 3.89. The van der Waals surface area contributed by atoms with Gasteiger partial charge in [0.1, 0.15) is 11.6 Å². The molecule has 2 rings (SSSR count). The Morgan fingerprint density at radius 3 is 2.44 bits per heavy atom. The normalized spacial score (nSPS) is 10.2. The number of aromatic nitrogens is 1. The van der Waals surface area contributed by atoms with Gasteiger partial charge in [0.25, 0.3) is 0 Å². The van der Waals surface area contributed by atoms with Gasteiger partial charge >= 0.3 is 0 Å². The number of benzene rings is 1. The highest BCUT2D eigenvalue weighted by molar-refractivity contribution is 6.37. The van der Waals surface area contributed by atoms with Crippen molar-refractivity contribution in [2.75, 3.05) is 17.7 Å². The van der Waals surface area contributed by atoms with Crippen LogP contribution in [0.3, 0.4) is 0 Å². The third-order valence-electron chi connectivity index (χ3n) is 2.29. The molecular formula is C12H10Cl2FN3.